The third-order valence-corrected chi connectivity index (χ3v) is 4.41. The highest BCUT2D eigenvalue weighted by molar-refractivity contribution is 6.09. The molecule has 0 saturated heterocycles. The van der Waals surface area contributed by atoms with Crippen molar-refractivity contribution in [1.82, 2.24) is 0 Å². The fourth-order valence-electron chi connectivity index (χ4n) is 3.24. The van der Waals surface area contributed by atoms with Gasteiger partial charge in [-0.1, -0.05) is 69.3 Å². The summed E-state index contributed by atoms with van der Waals surface area (Å²) in [4.78, 5) is 0. The number of benzene rings is 3. The SMILES string of the molecule is CC(C)(C)c1ccccc1Nc1cccc2c1oc1ccccc12. The molecule has 3 aromatic carbocycles. The third-order valence-electron chi connectivity index (χ3n) is 4.41. The quantitative estimate of drug-likeness (QED) is 0.449. The number of furan rings is 1. The Morgan fingerprint density at radius 3 is 2.21 bits per heavy atom. The molecule has 1 aromatic heterocycles. The van der Waals surface area contributed by atoms with Crippen molar-refractivity contribution in [2.45, 2.75) is 26.2 Å². The summed E-state index contributed by atoms with van der Waals surface area (Å²) in [6.45, 7) is 6.69. The van der Waals surface area contributed by atoms with E-state index < -0.39 is 0 Å². The Morgan fingerprint density at radius 2 is 1.38 bits per heavy atom. The first-order valence-corrected chi connectivity index (χ1v) is 8.31. The molecule has 0 aliphatic carbocycles. The summed E-state index contributed by atoms with van der Waals surface area (Å²) < 4.78 is 6.12. The van der Waals surface area contributed by atoms with Gasteiger partial charge in [-0.15, -0.1) is 0 Å². The van der Waals surface area contributed by atoms with Crippen LogP contribution in [0.1, 0.15) is 26.3 Å². The van der Waals surface area contributed by atoms with Gasteiger partial charge in [0.25, 0.3) is 0 Å². The Balaban J connectivity index is 1.87. The average molecular weight is 315 g/mol. The van der Waals surface area contributed by atoms with Crippen molar-refractivity contribution in [1.29, 1.82) is 0 Å². The Bertz CT molecular complexity index is 1020. The van der Waals surface area contributed by atoms with E-state index in [1.807, 2.05) is 18.2 Å². The Labute approximate surface area is 142 Å². The molecule has 0 aliphatic rings. The summed E-state index contributed by atoms with van der Waals surface area (Å²) in [5.74, 6) is 0. The normalized spacial score (nSPS) is 12.0. The van der Waals surface area contributed by atoms with Crippen molar-refractivity contribution in [3.05, 3.63) is 72.3 Å². The Kier molecular flexibility index (Phi) is 3.34. The van der Waals surface area contributed by atoms with Crippen LogP contribution in [0.2, 0.25) is 0 Å². The first-order valence-electron chi connectivity index (χ1n) is 8.31. The molecular formula is C22H21NO. The summed E-state index contributed by atoms with van der Waals surface area (Å²) in [5.41, 5.74) is 5.32. The lowest BCUT2D eigenvalue weighted by molar-refractivity contribution is 0.592. The first kappa shape index (κ1) is 14.8. The second-order valence-electron chi connectivity index (χ2n) is 7.20. The van der Waals surface area contributed by atoms with E-state index in [9.17, 15) is 0 Å². The highest BCUT2D eigenvalue weighted by atomic mass is 16.3. The zero-order chi connectivity index (χ0) is 16.7. The molecule has 0 radical (unpaired) electrons. The first-order chi connectivity index (χ1) is 11.5. The lowest BCUT2D eigenvalue weighted by atomic mass is 9.86. The van der Waals surface area contributed by atoms with Gasteiger partial charge in [-0.3, -0.25) is 0 Å². The van der Waals surface area contributed by atoms with Gasteiger partial charge in [-0.05, 0) is 29.2 Å². The number of anilines is 2. The van der Waals surface area contributed by atoms with E-state index in [2.05, 4.69) is 74.6 Å². The molecule has 2 nitrogen and oxygen atoms in total. The molecule has 0 bridgehead atoms. The van der Waals surface area contributed by atoms with Crippen molar-refractivity contribution < 1.29 is 4.42 Å². The van der Waals surface area contributed by atoms with Crippen LogP contribution in [0.3, 0.4) is 0 Å². The standard InChI is InChI=1S/C22H21NO/c1-22(2,3)17-11-5-6-12-18(17)23-19-13-8-10-16-15-9-4-7-14-20(15)24-21(16)19/h4-14,23H,1-3H3. The van der Waals surface area contributed by atoms with Gasteiger partial charge in [0.15, 0.2) is 5.58 Å². The molecular weight excluding hydrogens is 294 g/mol. The van der Waals surface area contributed by atoms with Gasteiger partial charge in [0, 0.05) is 16.5 Å². The van der Waals surface area contributed by atoms with Crippen molar-refractivity contribution in [3.8, 4) is 0 Å². The van der Waals surface area contributed by atoms with Gasteiger partial charge in [0.2, 0.25) is 0 Å². The number of hydrogen-bond donors (Lipinski definition) is 1. The molecule has 0 spiro atoms. The van der Waals surface area contributed by atoms with Crippen molar-refractivity contribution in [2.24, 2.45) is 0 Å². The average Bonchev–Trinajstić information content (AvgIpc) is 2.94. The minimum atomic E-state index is 0.0748. The molecule has 2 heteroatoms. The Hall–Kier alpha value is -2.74. The fraction of sp³-hybridized carbons (Fsp3) is 0.182. The zero-order valence-electron chi connectivity index (χ0n) is 14.3. The van der Waals surface area contributed by atoms with Gasteiger partial charge < -0.3 is 9.73 Å². The van der Waals surface area contributed by atoms with E-state index in [-0.39, 0.29) is 5.41 Å². The van der Waals surface area contributed by atoms with E-state index in [0.717, 1.165) is 33.3 Å². The van der Waals surface area contributed by atoms with Crippen LogP contribution in [0.15, 0.2) is 71.1 Å². The Morgan fingerprint density at radius 1 is 0.708 bits per heavy atom. The van der Waals surface area contributed by atoms with Gasteiger partial charge in [-0.25, -0.2) is 0 Å². The van der Waals surface area contributed by atoms with Crippen molar-refractivity contribution >= 4 is 33.3 Å². The number of fused-ring (bicyclic) bond motifs is 3. The number of rotatable bonds is 2. The van der Waals surface area contributed by atoms with Crippen LogP contribution in [0.4, 0.5) is 11.4 Å². The van der Waals surface area contributed by atoms with Gasteiger partial charge in [-0.2, -0.15) is 0 Å². The lowest BCUT2D eigenvalue weighted by Crippen LogP contribution is -2.13. The molecule has 0 saturated carbocycles. The maximum atomic E-state index is 6.12. The van der Waals surface area contributed by atoms with E-state index in [0.29, 0.717) is 0 Å². The third kappa shape index (κ3) is 2.44. The fourth-order valence-corrected chi connectivity index (χ4v) is 3.24. The van der Waals surface area contributed by atoms with Crippen LogP contribution < -0.4 is 5.32 Å². The smallest absolute Gasteiger partial charge is 0.158 e. The molecule has 1 N–H and O–H groups in total. The molecule has 1 heterocycles. The molecule has 0 fully saturated rings. The highest BCUT2D eigenvalue weighted by Gasteiger charge is 2.18. The second kappa shape index (κ2) is 5.41. The summed E-state index contributed by atoms with van der Waals surface area (Å²) in [6.07, 6.45) is 0. The number of nitrogens with one attached hydrogen (secondary N) is 1. The molecule has 0 amide bonds. The van der Waals surface area contributed by atoms with E-state index in [1.54, 1.807) is 0 Å². The lowest BCUT2D eigenvalue weighted by Gasteiger charge is -2.23. The van der Waals surface area contributed by atoms with Gasteiger partial charge >= 0.3 is 0 Å². The summed E-state index contributed by atoms with van der Waals surface area (Å²) in [5, 5.41) is 5.88. The van der Waals surface area contributed by atoms with Gasteiger partial charge in [0.1, 0.15) is 5.58 Å². The molecule has 4 rings (SSSR count). The second-order valence-corrected chi connectivity index (χ2v) is 7.20. The molecule has 0 atom stereocenters. The largest absolute Gasteiger partial charge is 0.454 e. The van der Waals surface area contributed by atoms with E-state index in [1.165, 1.54) is 5.56 Å². The van der Waals surface area contributed by atoms with Crippen LogP contribution in [-0.4, -0.2) is 0 Å². The monoisotopic (exact) mass is 315 g/mol. The predicted molar refractivity (Wildman–Crippen MR) is 102 cm³/mol. The minimum Gasteiger partial charge on any atom is -0.454 e. The van der Waals surface area contributed by atoms with Crippen LogP contribution in [0, 0.1) is 0 Å². The molecule has 24 heavy (non-hydrogen) atoms. The topological polar surface area (TPSA) is 25.2 Å². The van der Waals surface area contributed by atoms with Crippen LogP contribution in [0.25, 0.3) is 21.9 Å². The van der Waals surface area contributed by atoms with E-state index >= 15 is 0 Å². The van der Waals surface area contributed by atoms with E-state index in [4.69, 9.17) is 4.42 Å². The van der Waals surface area contributed by atoms with Gasteiger partial charge in [0.05, 0.1) is 5.69 Å². The number of para-hydroxylation sites is 3. The van der Waals surface area contributed by atoms with Crippen molar-refractivity contribution in [3.63, 3.8) is 0 Å². The highest BCUT2D eigenvalue weighted by Crippen LogP contribution is 2.36. The van der Waals surface area contributed by atoms with Crippen LogP contribution in [-0.2, 0) is 5.41 Å². The summed E-state index contributed by atoms with van der Waals surface area (Å²) in [6, 6.07) is 22.9. The maximum Gasteiger partial charge on any atom is 0.158 e. The molecule has 0 unspecified atom stereocenters. The van der Waals surface area contributed by atoms with Crippen molar-refractivity contribution in [2.75, 3.05) is 5.32 Å². The predicted octanol–water partition coefficient (Wildman–Crippen LogP) is 6.63. The molecule has 120 valence electrons. The van der Waals surface area contributed by atoms with Crippen LogP contribution in [0.5, 0.6) is 0 Å². The van der Waals surface area contributed by atoms with Crippen LogP contribution >= 0.6 is 0 Å². The summed E-state index contributed by atoms with van der Waals surface area (Å²) in [7, 11) is 0. The minimum absolute atomic E-state index is 0.0748. The maximum absolute atomic E-state index is 6.12. The molecule has 0 aliphatic heterocycles. The molecule has 4 aromatic rings. The summed E-state index contributed by atoms with van der Waals surface area (Å²) >= 11 is 0. The number of hydrogen-bond acceptors (Lipinski definition) is 2. The zero-order valence-corrected chi connectivity index (χ0v) is 14.3.